The molecule has 1 aromatic heterocycles. The number of urea groups is 1. The predicted octanol–water partition coefficient (Wildman–Crippen LogP) is 1.42. The average Bonchev–Trinajstić information content (AvgIpc) is 2.84. The largest absolute Gasteiger partial charge is 0.355 e. The molecule has 1 aliphatic heterocycles. The van der Waals surface area contributed by atoms with E-state index >= 15 is 0 Å². The number of fused-ring (bicyclic) bond motifs is 1. The molecule has 0 spiro atoms. The molecular formula is C13H13N5O. The van der Waals surface area contributed by atoms with Gasteiger partial charge in [-0.05, 0) is 24.3 Å². The molecule has 2 aromatic rings. The summed E-state index contributed by atoms with van der Waals surface area (Å²) < 4.78 is 1.69. The summed E-state index contributed by atoms with van der Waals surface area (Å²) in [5.41, 5.74) is 9.29. The molecule has 0 saturated carbocycles. The molecule has 0 unspecified atom stereocenters. The number of hydrogen-bond acceptors (Lipinski definition) is 3. The molecule has 3 N–H and O–H groups in total. The minimum atomic E-state index is -0.589. The summed E-state index contributed by atoms with van der Waals surface area (Å²) in [5, 5.41) is 3.85. The van der Waals surface area contributed by atoms with E-state index in [9.17, 15) is 4.79 Å². The highest BCUT2D eigenvalue weighted by Crippen LogP contribution is 2.16. The van der Waals surface area contributed by atoms with Crippen molar-refractivity contribution in [1.82, 2.24) is 15.2 Å². The Morgan fingerprint density at radius 1 is 1.21 bits per heavy atom. The Morgan fingerprint density at radius 2 is 2.05 bits per heavy atom. The van der Waals surface area contributed by atoms with Crippen molar-refractivity contribution in [2.45, 2.75) is 0 Å². The Morgan fingerprint density at radius 3 is 2.79 bits per heavy atom. The normalized spacial score (nSPS) is 13.6. The summed E-state index contributed by atoms with van der Waals surface area (Å²) in [6, 6.07) is 9.10. The first-order valence-corrected chi connectivity index (χ1v) is 5.82. The van der Waals surface area contributed by atoms with Crippen LogP contribution >= 0.6 is 0 Å². The Bertz CT molecular complexity index is 672. The second kappa shape index (κ2) is 4.41. The van der Waals surface area contributed by atoms with Crippen LogP contribution in [0.1, 0.15) is 0 Å². The Balaban J connectivity index is 2.07. The SMILES string of the molecule is NC(=O)N(N1C=CC=CN1)n1ccc2ccccc21. The molecule has 1 aliphatic rings. The number of nitrogens with two attached hydrogens (primary N) is 1. The maximum atomic E-state index is 11.7. The van der Waals surface area contributed by atoms with Crippen LogP contribution in [0.5, 0.6) is 0 Å². The van der Waals surface area contributed by atoms with Crippen LogP contribution in [0.15, 0.2) is 61.1 Å². The topological polar surface area (TPSA) is 66.5 Å². The van der Waals surface area contributed by atoms with Gasteiger partial charge in [-0.1, -0.05) is 18.2 Å². The van der Waals surface area contributed by atoms with E-state index < -0.39 is 6.03 Å². The number of aromatic nitrogens is 1. The summed E-state index contributed by atoms with van der Waals surface area (Å²) >= 11 is 0. The van der Waals surface area contributed by atoms with E-state index in [-0.39, 0.29) is 0 Å². The van der Waals surface area contributed by atoms with Crippen molar-refractivity contribution in [2.24, 2.45) is 5.73 Å². The monoisotopic (exact) mass is 255 g/mol. The maximum absolute atomic E-state index is 11.7. The van der Waals surface area contributed by atoms with Crippen LogP contribution in [0, 0.1) is 0 Å². The lowest BCUT2D eigenvalue weighted by Crippen LogP contribution is -2.57. The molecule has 0 aliphatic carbocycles. The third-order valence-electron chi connectivity index (χ3n) is 2.83. The number of benzene rings is 1. The third-order valence-corrected chi connectivity index (χ3v) is 2.83. The second-order valence-electron chi connectivity index (χ2n) is 4.02. The van der Waals surface area contributed by atoms with Crippen LogP contribution in [-0.2, 0) is 0 Å². The van der Waals surface area contributed by atoms with E-state index in [0.717, 1.165) is 10.9 Å². The molecule has 6 heteroatoms. The second-order valence-corrected chi connectivity index (χ2v) is 4.02. The van der Waals surface area contributed by atoms with Gasteiger partial charge in [0.05, 0.1) is 5.52 Å². The predicted molar refractivity (Wildman–Crippen MR) is 73.0 cm³/mol. The molecular weight excluding hydrogens is 242 g/mol. The number of nitrogens with one attached hydrogen (secondary N) is 1. The summed E-state index contributed by atoms with van der Waals surface area (Å²) in [6.45, 7) is 0. The lowest BCUT2D eigenvalue weighted by atomic mass is 10.3. The standard InChI is InChI=1S/C13H13N5O/c14-13(19)18(17-9-4-3-8-15-17)16-10-7-11-5-1-2-6-12(11)16/h1-10,15H,(H2,14,19). The van der Waals surface area contributed by atoms with Crippen molar-refractivity contribution >= 4 is 16.9 Å². The quantitative estimate of drug-likeness (QED) is 0.853. The number of nitrogens with zero attached hydrogens (tertiary/aromatic N) is 3. The first-order valence-electron chi connectivity index (χ1n) is 5.82. The number of amides is 2. The van der Waals surface area contributed by atoms with Gasteiger partial charge in [0.15, 0.2) is 0 Å². The van der Waals surface area contributed by atoms with Gasteiger partial charge in [-0.3, -0.25) is 5.43 Å². The van der Waals surface area contributed by atoms with Gasteiger partial charge >= 0.3 is 6.03 Å². The van der Waals surface area contributed by atoms with E-state index in [4.69, 9.17) is 5.73 Å². The van der Waals surface area contributed by atoms with Gasteiger partial charge in [-0.25, -0.2) is 9.47 Å². The smallest absolute Gasteiger partial charge is 0.348 e. The van der Waals surface area contributed by atoms with Gasteiger partial charge in [0.25, 0.3) is 0 Å². The number of allylic oxidation sites excluding steroid dienone is 2. The van der Waals surface area contributed by atoms with Crippen molar-refractivity contribution in [3.63, 3.8) is 0 Å². The van der Waals surface area contributed by atoms with Crippen molar-refractivity contribution in [3.8, 4) is 0 Å². The number of rotatable bonds is 2. The fraction of sp³-hybridized carbons (Fsp3) is 0. The summed E-state index contributed by atoms with van der Waals surface area (Å²) in [6.07, 6.45) is 8.84. The average molecular weight is 255 g/mol. The van der Waals surface area contributed by atoms with E-state index in [1.807, 2.05) is 36.4 Å². The van der Waals surface area contributed by atoms with E-state index in [1.54, 1.807) is 29.3 Å². The van der Waals surface area contributed by atoms with Crippen molar-refractivity contribution in [3.05, 3.63) is 61.1 Å². The van der Waals surface area contributed by atoms with Gasteiger partial charge in [0, 0.05) is 24.0 Å². The molecule has 0 fully saturated rings. The van der Waals surface area contributed by atoms with Crippen LogP contribution < -0.4 is 16.3 Å². The molecule has 2 heterocycles. The first-order chi connectivity index (χ1) is 9.27. The number of hydrazine groups is 2. The first kappa shape index (κ1) is 11.2. The van der Waals surface area contributed by atoms with Gasteiger partial charge in [-0.2, -0.15) is 5.12 Å². The zero-order chi connectivity index (χ0) is 13.2. The summed E-state index contributed by atoms with van der Waals surface area (Å²) in [7, 11) is 0. The van der Waals surface area contributed by atoms with Crippen molar-refractivity contribution < 1.29 is 4.79 Å². The minimum absolute atomic E-state index is 0.589. The minimum Gasteiger partial charge on any atom is -0.348 e. The molecule has 0 bridgehead atoms. The molecule has 0 atom stereocenters. The Hall–Kier alpha value is -2.89. The zero-order valence-electron chi connectivity index (χ0n) is 10.1. The van der Waals surface area contributed by atoms with Crippen LogP contribution in [-0.4, -0.2) is 15.8 Å². The van der Waals surface area contributed by atoms with Gasteiger partial charge in [0.1, 0.15) is 0 Å². The zero-order valence-corrected chi connectivity index (χ0v) is 10.1. The highest BCUT2D eigenvalue weighted by Gasteiger charge is 2.20. The molecule has 19 heavy (non-hydrogen) atoms. The highest BCUT2D eigenvalue weighted by atomic mass is 16.2. The van der Waals surface area contributed by atoms with E-state index in [1.165, 1.54) is 10.2 Å². The van der Waals surface area contributed by atoms with E-state index in [0.29, 0.717) is 0 Å². The fourth-order valence-corrected chi connectivity index (χ4v) is 2.02. The van der Waals surface area contributed by atoms with Crippen LogP contribution in [0.4, 0.5) is 4.79 Å². The molecule has 0 radical (unpaired) electrons. The molecule has 0 saturated heterocycles. The molecule has 6 nitrogen and oxygen atoms in total. The van der Waals surface area contributed by atoms with Gasteiger partial charge in [-0.15, -0.1) is 5.12 Å². The van der Waals surface area contributed by atoms with Crippen LogP contribution in [0.3, 0.4) is 0 Å². The van der Waals surface area contributed by atoms with E-state index in [2.05, 4.69) is 5.43 Å². The summed E-state index contributed by atoms with van der Waals surface area (Å²) in [4.78, 5) is 11.7. The molecule has 3 rings (SSSR count). The lowest BCUT2D eigenvalue weighted by molar-refractivity contribution is 0.200. The number of hydrogen-bond donors (Lipinski definition) is 2. The van der Waals surface area contributed by atoms with Crippen molar-refractivity contribution in [2.75, 3.05) is 5.12 Å². The highest BCUT2D eigenvalue weighted by molar-refractivity contribution is 5.86. The molecule has 96 valence electrons. The van der Waals surface area contributed by atoms with Crippen LogP contribution in [0.25, 0.3) is 10.9 Å². The number of carbonyl (C=O) groups excluding carboxylic acids is 1. The number of carbonyl (C=O) groups is 1. The summed E-state index contributed by atoms with van der Waals surface area (Å²) in [5.74, 6) is 0. The van der Waals surface area contributed by atoms with Crippen LogP contribution in [0.2, 0.25) is 0 Å². The third kappa shape index (κ3) is 1.89. The molecule has 2 amide bonds. The van der Waals surface area contributed by atoms with Gasteiger partial charge in [0.2, 0.25) is 0 Å². The number of para-hydroxylation sites is 1. The van der Waals surface area contributed by atoms with Crippen molar-refractivity contribution in [1.29, 1.82) is 0 Å². The number of primary amides is 1. The molecule has 1 aromatic carbocycles. The Kier molecular flexibility index (Phi) is 2.60. The Labute approximate surface area is 109 Å². The maximum Gasteiger partial charge on any atom is 0.355 e. The van der Waals surface area contributed by atoms with Gasteiger partial charge < -0.3 is 5.73 Å². The lowest BCUT2D eigenvalue weighted by Gasteiger charge is -2.33. The fourth-order valence-electron chi connectivity index (χ4n) is 2.02.